The minimum atomic E-state index is -0.133. The first-order valence-corrected chi connectivity index (χ1v) is 15.3. The molecule has 5 saturated heterocycles. The summed E-state index contributed by atoms with van der Waals surface area (Å²) in [7, 11) is 1.75. The van der Waals surface area contributed by atoms with E-state index in [4.69, 9.17) is 16.3 Å². The van der Waals surface area contributed by atoms with Crippen LogP contribution >= 0.6 is 23.4 Å². The Bertz CT molecular complexity index is 828. The van der Waals surface area contributed by atoms with Gasteiger partial charge in [0.05, 0.1) is 23.4 Å². The Labute approximate surface area is 229 Å². The molecular weight excluding hydrogens is 514 g/mol. The summed E-state index contributed by atoms with van der Waals surface area (Å²) in [4.78, 5) is 28.9. The normalized spacial score (nSPS) is 46.5. The molecule has 2 amide bonds. The molecule has 0 bridgehead atoms. The van der Waals surface area contributed by atoms with Crippen molar-refractivity contribution >= 4 is 35.2 Å². The summed E-state index contributed by atoms with van der Waals surface area (Å²) in [6.07, 6.45) is 1.79. The molecule has 12 unspecified atom stereocenters. The summed E-state index contributed by atoms with van der Waals surface area (Å²) in [5.41, 5.74) is 6.19. The fraction of sp³-hybridized carbons (Fsp3) is 0.920. The summed E-state index contributed by atoms with van der Waals surface area (Å²) in [6.45, 7) is 9.91. The molecule has 5 aliphatic rings. The number of amides is 2. The standard InChI is InChI=1S/C25H44ClN7O3S/c1-12-5-15(16-6-22(26)28-9-20(16)36-4)18(7-27-12)23(34)31-25-30-19-10-33(11-21(19)37-25)24(35)17-8-29-32-14(3)13(17)2/h12-22,25,27-30,32H,5-11H2,1-4H3,(H,31,34). The minimum Gasteiger partial charge on any atom is -0.380 e. The summed E-state index contributed by atoms with van der Waals surface area (Å²) in [5.74, 6) is 0.935. The lowest BCUT2D eigenvalue weighted by Crippen LogP contribution is -2.58. The average Bonchev–Trinajstić information content (AvgIpc) is 3.44. The number of nitrogens with one attached hydrogen (secondary N) is 6. The van der Waals surface area contributed by atoms with Crippen LogP contribution in [-0.2, 0) is 14.3 Å². The summed E-state index contributed by atoms with van der Waals surface area (Å²) < 4.78 is 5.81. The van der Waals surface area contributed by atoms with Gasteiger partial charge in [-0.1, -0.05) is 6.92 Å². The second kappa shape index (κ2) is 11.8. The van der Waals surface area contributed by atoms with Crippen LogP contribution < -0.4 is 32.1 Å². The maximum absolute atomic E-state index is 13.6. The number of fused-ring (bicyclic) bond motifs is 1. The van der Waals surface area contributed by atoms with Crippen LogP contribution in [0.2, 0.25) is 0 Å². The lowest BCUT2D eigenvalue weighted by atomic mass is 9.70. The first-order valence-electron chi connectivity index (χ1n) is 13.9. The number of hydrazine groups is 1. The van der Waals surface area contributed by atoms with Crippen molar-refractivity contribution in [2.24, 2.45) is 29.6 Å². The maximum atomic E-state index is 13.6. The molecule has 6 N–H and O–H groups in total. The van der Waals surface area contributed by atoms with Gasteiger partial charge in [-0.25, -0.2) is 0 Å². The molecule has 0 radical (unpaired) electrons. The van der Waals surface area contributed by atoms with Gasteiger partial charge in [0.25, 0.3) is 0 Å². The van der Waals surface area contributed by atoms with E-state index >= 15 is 0 Å². The third kappa shape index (κ3) is 5.94. The second-order valence-corrected chi connectivity index (χ2v) is 13.6. The number of ether oxygens (including phenoxy) is 1. The van der Waals surface area contributed by atoms with Crippen LogP contribution in [0.4, 0.5) is 0 Å². The molecule has 37 heavy (non-hydrogen) atoms. The molecule has 5 rings (SSSR count). The molecule has 5 fully saturated rings. The first-order chi connectivity index (χ1) is 17.7. The third-order valence-electron chi connectivity index (χ3n) is 9.44. The van der Waals surface area contributed by atoms with E-state index in [0.29, 0.717) is 32.2 Å². The Morgan fingerprint density at radius 3 is 2.59 bits per heavy atom. The molecule has 0 aromatic carbocycles. The molecule has 0 aromatic heterocycles. The van der Waals surface area contributed by atoms with Crippen molar-refractivity contribution in [2.45, 2.75) is 74.1 Å². The molecule has 210 valence electrons. The van der Waals surface area contributed by atoms with Crippen LogP contribution in [0.15, 0.2) is 0 Å². The van der Waals surface area contributed by atoms with E-state index in [9.17, 15) is 9.59 Å². The van der Waals surface area contributed by atoms with Gasteiger partial charge in [0, 0.05) is 63.2 Å². The highest BCUT2D eigenvalue weighted by Gasteiger charge is 2.48. The molecule has 5 aliphatic heterocycles. The summed E-state index contributed by atoms with van der Waals surface area (Å²) >= 11 is 8.22. The Balaban J connectivity index is 1.16. The Hall–Kier alpha value is -0.660. The number of halogens is 1. The topological polar surface area (TPSA) is 119 Å². The van der Waals surface area contributed by atoms with E-state index in [2.05, 4.69) is 52.9 Å². The SMILES string of the molecule is COC1CNC(Cl)CC1C1CC(C)NCC1C(=O)NC1NC2CN(C(=O)C3CNNC(C)C3C)CC2S1. The number of hydrogen-bond acceptors (Lipinski definition) is 9. The lowest BCUT2D eigenvalue weighted by Gasteiger charge is -2.45. The van der Waals surface area contributed by atoms with Crippen molar-refractivity contribution in [2.75, 3.05) is 39.8 Å². The maximum Gasteiger partial charge on any atom is 0.227 e. The van der Waals surface area contributed by atoms with Crippen LogP contribution in [-0.4, -0.2) is 97.0 Å². The molecular formula is C25H44ClN7O3S. The number of carbonyl (C=O) groups excluding carboxylic acids is 2. The third-order valence-corrected chi connectivity index (χ3v) is 11.1. The van der Waals surface area contributed by atoms with Crippen LogP contribution in [0.1, 0.15) is 33.6 Å². The van der Waals surface area contributed by atoms with Crippen molar-refractivity contribution < 1.29 is 14.3 Å². The number of methoxy groups -OCH3 is 1. The van der Waals surface area contributed by atoms with E-state index in [0.717, 1.165) is 19.4 Å². The van der Waals surface area contributed by atoms with Gasteiger partial charge in [-0.15, -0.1) is 23.4 Å². The number of carbonyl (C=O) groups is 2. The Kier molecular flexibility index (Phi) is 8.92. The quantitative estimate of drug-likeness (QED) is 0.203. The van der Waals surface area contributed by atoms with Crippen molar-refractivity contribution in [1.82, 2.24) is 37.0 Å². The fourth-order valence-electron chi connectivity index (χ4n) is 6.99. The molecule has 0 aliphatic carbocycles. The molecule has 10 nitrogen and oxygen atoms in total. The molecule has 0 spiro atoms. The number of alkyl halides is 1. The number of piperidine rings is 2. The van der Waals surface area contributed by atoms with E-state index in [1.54, 1.807) is 18.9 Å². The second-order valence-electron chi connectivity index (χ2n) is 11.7. The van der Waals surface area contributed by atoms with Gasteiger partial charge < -0.3 is 20.3 Å². The average molecular weight is 558 g/mol. The predicted molar refractivity (Wildman–Crippen MR) is 146 cm³/mol. The van der Waals surface area contributed by atoms with Gasteiger partial charge in [0.1, 0.15) is 5.50 Å². The predicted octanol–water partition coefficient (Wildman–Crippen LogP) is -0.146. The monoisotopic (exact) mass is 557 g/mol. The number of thioether (sulfide) groups is 1. The highest BCUT2D eigenvalue weighted by Crippen LogP contribution is 2.39. The Morgan fingerprint density at radius 2 is 1.84 bits per heavy atom. The van der Waals surface area contributed by atoms with Crippen LogP contribution in [0.3, 0.4) is 0 Å². The lowest BCUT2D eigenvalue weighted by molar-refractivity contribution is -0.137. The van der Waals surface area contributed by atoms with Crippen LogP contribution in [0.25, 0.3) is 0 Å². The highest BCUT2D eigenvalue weighted by atomic mass is 35.5. The molecule has 0 saturated carbocycles. The molecule has 5 heterocycles. The van der Waals surface area contributed by atoms with Gasteiger partial charge in [0.2, 0.25) is 11.8 Å². The zero-order valence-electron chi connectivity index (χ0n) is 22.3. The van der Waals surface area contributed by atoms with Crippen molar-refractivity contribution in [3.8, 4) is 0 Å². The summed E-state index contributed by atoms with van der Waals surface area (Å²) in [5, 5.41) is 14.0. The first kappa shape index (κ1) is 27.9. The van der Waals surface area contributed by atoms with Gasteiger partial charge in [-0.05, 0) is 44.4 Å². The zero-order valence-corrected chi connectivity index (χ0v) is 23.9. The van der Waals surface area contributed by atoms with Crippen LogP contribution in [0, 0.1) is 29.6 Å². The molecule has 12 atom stereocenters. The van der Waals surface area contributed by atoms with Gasteiger partial charge >= 0.3 is 0 Å². The zero-order chi connectivity index (χ0) is 26.3. The Morgan fingerprint density at radius 1 is 1.03 bits per heavy atom. The van der Waals surface area contributed by atoms with Gasteiger partial charge in [-0.2, -0.15) is 0 Å². The van der Waals surface area contributed by atoms with Crippen molar-refractivity contribution in [3.63, 3.8) is 0 Å². The van der Waals surface area contributed by atoms with Gasteiger partial charge in [0.15, 0.2) is 0 Å². The van der Waals surface area contributed by atoms with Gasteiger partial charge in [-0.3, -0.25) is 31.1 Å². The number of nitrogens with zero attached hydrogens (tertiary/aromatic N) is 1. The number of likely N-dealkylation sites (tertiary alicyclic amines) is 1. The molecule has 12 heteroatoms. The number of rotatable bonds is 5. The molecule has 0 aromatic rings. The van der Waals surface area contributed by atoms with Crippen molar-refractivity contribution in [1.29, 1.82) is 0 Å². The van der Waals surface area contributed by atoms with E-state index < -0.39 is 0 Å². The van der Waals surface area contributed by atoms with E-state index in [1.807, 2.05) is 4.90 Å². The smallest absolute Gasteiger partial charge is 0.227 e. The number of hydrogen-bond donors (Lipinski definition) is 6. The summed E-state index contributed by atoms with van der Waals surface area (Å²) in [6, 6.07) is 0.816. The van der Waals surface area contributed by atoms with E-state index in [-0.39, 0.29) is 75.8 Å². The van der Waals surface area contributed by atoms with E-state index in [1.165, 1.54) is 0 Å². The largest absolute Gasteiger partial charge is 0.380 e. The highest BCUT2D eigenvalue weighted by molar-refractivity contribution is 8.00. The van der Waals surface area contributed by atoms with Crippen LogP contribution in [0.5, 0.6) is 0 Å². The minimum absolute atomic E-state index is 0.00722. The fourth-order valence-corrected chi connectivity index (χ4v) is 8.69. The van der Waals surface area contributed by atoms with Crippen molar-refractivity contribution in [3.05, 3.63) is 0 Å².